The molecule has 1 amide bonds. The molecule has 2 N–H and O–H groups in total. The van der Waals surface area contributed by atoms with Crippen molar-refractivity contribution < 1.29 is 14.5 Å². The Morgan fingerprint density at radius 3 is 2.67 bits per heavy atom. The molecule has 8 nitrogen and oxygen atoms in total. The van der Waals surface area contributed by atoms with Crippen LogP contribution in [-0.4, -0.2) is 40.8 Å². The summed E-state index contributed by atoms with van der Waals surface area (Å²) in [7, 11) is 0. The number of aromatic amines is 1. The summed E-state index contributed by atoms with van der Waals surface area (Å²) >= 11 is 0. The summed E-state index contributed by atoms with van der Waals surface area (Å²) in [4.78, 5) is 19.5. The minimum Gasteiger partial charge on any atom is -0.370 e. The summed E-state index contributed by atoms with van der Waals surface area (Å²) < 4.78 is 4.77. The third-order valence-electron chi connectivity index (χ3n) is 1.50. The predicted octanol–water partition coefficient (Wildman–Crippen LogP) is -0.549. The zero-order chi connectivity index (χ0) is 11.1. The molecule has 82 valence electrons. The van der Waals surface area contributed by atoms with E-state index in [1.807, 2.05) is 0 Å². The standard InChI is InChI=1S/C4H7NO2.C3H3N3O2/c6-4-3-7-2-1-5-4;7-6(8)3-1-4-5-2-3/h1-3H2,(H,5,6);1-2H,(H,4,5). The van der Waals surface area contributed by atoms with Crippen LogP contribution in [-0.2, 0) is 9.53 Å². The lowest BCUT2D eigenvalue weighted by atomic mass is 10.5. The van der Waals surface area contributed by atoms with E-state index in [0.717, 1.165) is 6.20 Å². The van der Waals surface area contributed by atoms with Gasteiger partial charge in [-0.25, -0.2) is 0 Å². The molecule has 1 aromatic heterocycles. The van der Waals surface area contributed by atoms with Gasteiger partial charge in [0.1, 0.15) is 12.8 Å². The normalized spacial score (nSPS) is 14.8. The van der Waals surface area contributed by atoms with E-state index in [1.54, 1.807) is 0 Å². The molecule has 2 heterocycles. The fourth-order valence-corrected chi connectivity index (χ4v) is 0.822. The second-order valence-electron chi connectivity index (χ2n) is 2.62. The van der Waals surface area contributed by atoms with Gasteiger partial charge in [0.2, 0.25) is 5.91 Å². The Bertz CT molecular complexity index is 316. The Morgan fingerprint density at radius 1 is 1.60 bits per heavy atom. The highest BCUT2D eigenvalue weighted by Crippen LogP contribution is 2.02. The van der Waals surface area contributed by atoms with Gasteiger partial charge in [0.05, 0.1) is 17.7 Å². The van der Waals surface area contributed by atoms with Crippen LogP contribution >= 0.6 is 0 Å². The molecule has 0 aromatic carbocycles. The average molecular weight is 214 g/mol. The van der Waals surface area contributed by atoms with E-state index in [-0.39, 0.29) is 18.2 Å². The Morgan fingerprint density at radius 2 is 2.40 bits per heavy atom. The maximum atomic E-state index is 10.2. The molecule has 8 heteroatoms. The van der Waals surface area contributed by atoms with E-state index in [4.69, 9.17) is 4.74 Å². The second-order valence-corrected chi connectivity index (χ2v) is 2.62. The van der Waals surface area contributed by atoms with Crippen molar-refractivity contribution in [2.24, 2.45) is 0 Å². The Labute approximate surface area is 84.8 Å². The molecule has 0 saturated carbocycles. The van der Waals surface area contributed by atoms with Crippen LogP contribution in [0.5, 0.6) is 0 Å². The maximum absolute atomic E-state index is 10.2. The van der Waals surface area contributed by atoms with Crippen LogP contribution < -0.4 is 5.32 Å². The fourth-order valence-electron chi connectivity index (χ4n) is 0.822. The van der Waals surface area contributed by atoms with Gasteiger partial charge in [-0.2, -0.15) is 5.10 Å². The first-order valence-electron chi connectivity index (χ1n) is 4.18. The number of carbonyl (C=O) groups is 1. The average Bonchev–Trinajstić information content (AvgIpc) is 2.72. The van der Waals surface area contributed by atoms with Crippen molar-refractivity contribution in [3.05, 3.63) is 22.5 Å². The third kappa shape index (κ3) is 4.18. The number of amides is 1. The summed E-state index contributed by atoms with van der Waals surface area (Å²) in [5, 5.41) is 18.1. The van der Waals surface area contributed by atoms with Crippen LogP contribution in [0.1, 0.15) is 0 Å². The number of aromatic nitrogens is 2. The van der Waals surface area contributed by atoms with Gasteiger partial charge in [-0.3, -0.25) is 20.0 Å². The van der Waals surface area contributed by atoms with E-state index < -0.39 is 4.92 Å². The summed E-state index contributed by atoms with van der Waals surface area (Å²) in [6, 6.07) is 0. The van der Waals surface area contributed by atoms with Crippen LogP contribution in [0.4, 0.5) is 5.69 Å². The van der Waals surface area contributed by atoms with E-state index in [1.165, 1.54) is 6.20 Å². The molecule has 2 rings (SSSR count). The Hall–Kier alpha value is -1.96. The second kappa shape index (κ2) is 5.70. The molecule has 0 unspecified atom stereocenters. The van der Waals surface area contributed by atoms with Crippen LogP contribution in [0, 0.1) is 10.1 Å². The summed E-state index contributed by atoms with van der Waals surface area (Å²) in [5.74, 6) is -0.00810. The lowest BCUT2D eigenvalue weighted by Gasteiger charge is -2.10. The van der Waals surface area contributed by atoms with Gasteiger partial charge in [-0.15, -0.1) is 0 Å². The van der Waals surface area contributed by atoms with Crippen molar-refractivity contribution in [1.29, 1.82) is 0 Å². The highest BCUT2D eigenvalue weighted by atomic mass is 16.6. The van der Waals surface area contributed by atoms with E-state index in [0.29, 0.717) is 13.2 Å². The first kappa shape index (κ1) is 11.1. The van der Waals surface area contributed by atoms with Gasteiger partial charge in [0, 0.05) is 6.54 Å². The van der Waals surface area contributed by atoms with Crippen LogP contribution in [0.3, 0.4) is 0 Å². The lowest BCUT2D eigenvalue weighted by Crippen LogP contribution is -2.36. The SMILES string of the molecule is O=C1COCCN1.O=[N+]([O-])c1cn[nH]c1. The smallest absolute Gasteiger partial charge is 0.306 e. The number of hydrogen-bond acceptors (Lipinski definition) is 5. The van der Waals surface area contributed by atoms with E-state index in [2.05, 4.69) is 15.5 Å². The molecule has 0 atom stereocenters. The zero-order valence-electron chi connectivity index (χ0n) is 7.80. The quantitative estimate of drug-likeness (QED) is 0.481. The lowest BCUT2D eigenvalue weighted by molar-refractivity contribution is -0.384. The largest absolute Gasteiger partial charge is 0.370 e. The van der Waals surface area contributed by atoms with Crippen molar-refractivity contribution in [2.45, 2.75) is 0 Å². The number of nitrogens with zero attached hydrogens (tertiary/aromatic N) is 2. The third-order valence-corrected chi connectivity index (χ3v) is 1.50. The number of rotatable bonds is 1. The van der Waals surface area contributed by atoms with Crippen LogP contribution in [0.25, 0.3) is 0 Å². The monoisotopic (exact) mass is 214 g/mol. The van der Waals surface area contributed by atoms with Gasteiger partial charge in [-0.1, -0.05) is 0 Å². The number of H-pyrrole nitrogens is 1. The van der Waals surface area contributed by atoms with E-state index in [9.17, 15) is 14.9 Å². The molecule has 1 aromatic rings. The number of nitro groups is 1. The number of morpholine rings is 1. The van der Waals surface area contributed by atoms with Gasteiger partial charge in [-0.05, 0) is 0 Å². The Kier molecular flexibility index (Phi) is 4.23. The van der Waals surface area contributed by atoms with Crippen molar-refractivity contribution in [2.75, 3.05) is 19.8 Å². The van der Waals surface area contributed by atoms with Gasteiger partial charge in [0.15, 0.2) is 0 Å². The van der Waals surface area contributed by atoms with Crippen molar-refractivity contribution in [3.8, 4) is 0 Å². The van der Waals surface area contributed by atoms with Crippen molar-refractivity contribution in [3.63, 3.8) is 0 Å². The number of hydrogen-bond donors (Lipinski definition) is 2. The van der Waals surface area contributed by atoms with Gasteiger partial charge >= 0.3 is 5.69 Å². The fraction of sp³-hybridized carbons (Fsp3) is 0.429. The molecule has 1 saturated heterocycles. The van der Waals surface area contributed by atoms with Crippen molar-refractivity contribution >= 4 is 11.6 Å². The first-order chi connectivity index (χ1) is 7.20. The van der Waals surface area contributed by atoms with Crippen LogP contribution in [0.2, 0.25) is 0 Å². The molecule has 0 radical (unpaired) electrons. The van der Waals surface area contributed by atoms with Gasteiger partial charge < -0.3 is 10.1 Å². The zero-order valence-corrected chi connectivity index (χ0v) is 7.80. The maximum Gasteiger partial charge on any atom is 0.306 e. The molecule has 1 aliphatic rings. The predicted molar refractivity (Wildman–Crippen MR) is 49.1 cm³/mol. The highest BCUT2D eigenvalue weighted by molar-refractivity contribution is 5.77. The molecule has 0 aliphatic carbocycles. The summed E-state index contributed by atoms with van der Waals surface area (Å²) in [5.41, 5.74) is -0.00926. The number of nitrogens with one attached hydrogen (secondary N) is 2. The topological polar surface area (TPSA) is 110 Å². The molecule has 1 fully saturated rings. The summed E-state index contributed by atoms with van der Waals surface area (Å²) in [6.07, 6.45) is 2.38. The molecule has 15 heavy (non-hydrogen) atoms. The highest BCUT2D eigenvalue weighted by Gasteiger charge is 2.04. The first-order valence-corrected chi connectivity index (χ1v) is 4.18. The van der Waals surface area contributed by atoms with Gasteiger partial charge in [0.25, 0.3) is 0 Å². The summed E-state index contributed by atoms with van der Waals surface area (Å²) in [6.45, 7) is 1.56. The molecular formula is C7H10N4O4. The molecule has 0 bridgehead atoms. The van der Waals surface area contributed by atoms with Crippen molar-refractivity contribution in [1.82, 2.24) is 15.5 Å². The minimum atomic E-state index is -0.510. The van der Waals surface area contributed by atoms with E-state index >= 15 is 0 Å². The molecule has 1 aliphatic heterocycles. The molecule has 0 spiro atoms. The Balaban J connectivity index is 0.000000151. The number of ether oxygens (including phenoxy) is 1. The minimum absolute atomic E-state index is 0.00810. The van der Waals surface area contributed by atoms with Crippen LogP contribution in [0.15, 0.2) is 12.4 Å². The molecular weight excluding hydrogens is 204 g/mol. The number of carbonyl (C=O) groups excluding carboxylic acids is 1.